The molecule has 0 saturated carbocycles. The van der Waals surface area contributed by atoms with Gasteiger partial charge in [-0.05, 0) is 36.4 Å². The summed E-state index contributed by atoms with van der Waals surface area (Å²) < 4.78 is 64.8. The molecule has 0 atom stereocenters. The Labute approximate surface area is 171 Å². The molecule has 31 heavy (non-hydrogen) atoms. The van der Waals surface area contributed by atoms with Gasteiger partial charge < -0.3 is 0 Å². The highest BCUT2D eigenvalue weighted by Gasteiger charge is 2.38. The Balaban J connectivity index is 2.14. The predicted octanol–water partition coefficient (Wildman–Crippen LogP) is 1.53. The number of aromatic nitrogens is 4. The third-order valence-corrected chi connectivity index (χ3v) is 5.41. The monoisotopic (exact) mass is 451 g/mol. The highest BCUT2D eigenvalue weighted by Crippen LogP contribution is 2.31. The molecule has 0 fully saturated rings. The van der Waals surface area contributed by atoms with E-state index in [1.807, 2.05) is 0 Å². The second-order valence-electron chi connectivity index (χ2n) is 6.43. The molecule has 0 radical (unpaired) electrons. The van der Waals surface area contributed by atoms with Gasteiger partial charge in [-0.1, -0.05) is 18.2 Å². The lowest BCUT2D eigenvalue weighted by atomic mass is 10.2. The van der Waals surface area contributed by atoms with E-state index in [1.54, 1.807) is 23.3 Å². The summed E-state index contributed by atoms with van der Waals surface area (Å²) in [5.41, 5.74) is -4.14. The van der Waals surface area contributed by atoms with E-state index in [0.717, 1.165) is 28.8 Å². The van der Waals surface area contributed by atoms with E-state index in [9.17, 15) is 31.2 Å². The van der Waals surface area contributed by atoms with Crippen molar-refractivity contribution in [1.29, 1.82) is 0 Å². The summed E-state index contributed by atoms with van der Waals surface area (Å²) in [5.74, 6) is 0. The Morgan fingerprint density at radius 1 is 0.903 bits per heavy atom. The van der Waals surface area contributed by atoms with Gasteiger partial charge in [-0.2, -0.15) is 18.3 Å². The molecule has 4 aromatic rings. The molecule has 4 rings (SSSR count). The summed E-state index contributed by atoms with van der Waals surface area (Å²) >= 11 is 0. The topological polar surface area (TPSA) is 133 Å². The number of aromatic amines is 1. The van der Waals surface area contributed by atoms with Gasteiger partial charge in [-0.3, -0.25) is 9.89 Å². The molecular weight excluding hydrogens is 439 g/mol. The van der Waals surface area contributed by atoms with Crippen molar-refractivity contribution >= 4 is 21.1 Å². The Hall–Kier alpha value is -3.71. The Bertz CT molecular complexity index is 1520. The maximum atomic E-state index is 13.5. The number of para-hydroxylation sites is 1. The lowest BCUT2D eigenvalue weighted by molar-refractivity contribution is -0.140. The van der Waals surface area contributed by atoms with Crippen LogP contribution in [0.15, 0.2) is 69.1 Å². The third kappa shape index (κ3) is 3.43. The number of primary sulfonamides is 1. The third-order valence-electron chi connectivity index (χ3n) is 4.48. The fourth-order valence-electron chi connectivity index (χ4n) is 3.11. The fourth-order valence-corrected chi connectivity index (χ4v) is 3.63. The van der Waals surface area contributed by atoms with Crippen LogP contribution in [0, 0.1) is 0 Å². The Morgan fingerprint density at radius 2 is 1.48 bits per heavy atom. The van der Waals surface area contributed by atoms with Crippen molar-refractivity contribution in [2.45, 2.75) is 11.1 Å². The molecule has 0 spiro atoms. The van der Waals surface area contributed by atoms with Gasteiger partial charge in [0.15, 0.2) is 11.3 Å². The van der Waals surface area contributed by atoms with Gasteiger partial charge in [-0.25, -0.2) is 27.5 Å². The van der Waals surface area contributed by atoms with Gasteiger partial charge in [0.25, 0.3) is 5.56 Å². The number of H-pyrrole nitrogens is 1. The van der Waals surface area contributed by atoms with Crippen molar-refractivity contribution < 1.29 is 21.6 Å². The van der Waals surface area contributed by atoms with Crippen LogP contribution in [0.4, 0.5) is 13.2 Å². The van der Waals surface area contributed by atoms with E-state index in [0.29, 0.717) is 4.57 Å². The second kappa shape index (κ2) is 6.92. The number of halogens is 3. The zero-order chi connectivity index (χ0) is 22.6. The number of fused-ring (bicyclic) bond motifs is 1. The van der Waals surface area contributed by atoms with Crippen LogP contribution < -0.4 is 16.4 Å². The van der Waals surface area contributed by atoms with Crippen LogP contribution in [-0.2, 0) is 16.2 Å². The summed E-state index contributed by atoms with van der Waals surface area (Å²) in [6.07, 6.45) is -4.94. The van der Waals surface area contributed by atoms with Crippen LogP contribution in [0.3, 0.4) is 0 Å². The van der Waals surface area contributed by atoms with E-state index >= 15 is 0 Å². The van der Waals surface area contributed by atoms with Gasteiger partial charge in [0.05, 0.1) is 16.3 Å². The molecule has 2 aromatic heterocycles. The minimum Gasteiger partial charge on any atom is -0.271 e. The van der Waals surface area contributed by atoms with Crippen molar-refractivity contribution in [1.82, 2.24) is 19.3 Å². The van der Waals surface area contributed by atoms with Crippen LogP contribution in [0.2, 0.25) is 0 Å². The van der Waals surface area contributed by atoms with Crippen molar-refractivity contribution in [3.05, 3.63) is 81.1 Å². The van der Waals surface area contributed by atoms with Crippen molar-refractivity contribution in [2.24, 2.45) is 5.14 Å². The van der Waals surface area contributed by atoms with Crippen LogP contribution in [0.5, 0.6) is 0 Å². The molecule has 2 heterocycles. The first-order chi connectivity index (χ1) is 14.5. The lowest BCUT2D eigenvalue weighted by Crippen LogP contribution is -2.38. The number of nitrogens with zero attached hydrogens (tertiary/aromatic N) is 3. The van der Waals surface area contributed by atoms with Crippen LogP contribution >= 0.6 is 0 Å². The van der Waals surface area contributed by atoms with Gasteiger partial charge in [-0.15, -0.1) is 0 Å². The SMILES string of the molecule is NS(=O)(=O)c1ccc(-n2c(=O)c3c(C(F)(F)F)[nH]nc3n(-c3ccccc3)c2=O)cc1. The molecule has 160 valence electrons. The molecule has 0 bridgehead atoms. The van der Waals surface area contributed by atoms with E-state index in [-0.39, 0.29) is 16.3 Å². The number of rotatable bonds is 3. The molecule has 0 aliphatic rings. The van der Waals surface area contributed by atoms with Crippen molar-refractivity contribution in [2.75, 3.05) is 0 Å². The van der Waals surface area contributed by atoms with Crippen LogP contribution in [0.25, 0.3) is 22.4 Å². The van der Waals surface area contributed by atoms with Crippen LogP contribution in [-0.4, -0.2) is 27.7 Å². The van der Waals surface area contributed by atoms with Gasteiger partial charge in [0.1, 0.15) is 5.39 Å². The van der Waals surface area contributed by atoms with Crippen molar-refractivity contribution in [3.63, 3.8) is 0 Å². The van der Waals surface area contributed by atoms with E-state index < -0.39 is 44.2 Å². The molecule has 0 aliphatic heterocycles. The lowest BCUT2D eigenvalue weighted by Gasteiger charge is -2.12. The maximum Gasteiger partial charge on any atom is 0.433 e. The highest BCUT2D eigenvalue weighted by molar-refractivity contribution is 7.89. The molecule has 0 aliphatic carbocycles. The number of nitrogens with one attached hydrogen (secondary N) is 1. The fraction of sp³-hybridized carbons (Fsp3) is 0.0556. The second-order valence-corrected chi connectivity index (χ2v) is 7.99. The minimum atomic E-state index is -4.94. The number of benzene rings is 2. The highest BCUT2D eigenvalue weighted by atomic mass is 32.2. The molecule has 0 unspecified atom stereocenters. The predicted molar refractivity (Wildman–Crippen MR) is 104 cm³/mol. The quantitative estimate of drug-likeness (QED) is 0.488. The molecule has 3 N–H and O–H groups in total. The number of alkyl halides is 3. The average molecular weight is 451 g/mol. The first-order valence-electron chi connectivity index (χ1n) is 8.52. The summed E-state index contributed by atoms with van der Waals surface area (Å²) in [5, 5.41) is 9.56. The first kappa shape index (κ1) is 20.6. The number of hydrogen-bond acceptors (Lipinski definition) is 5. The molecule has 0 saturated heterocycles. The Kier molecular flexibility index (Phi) is 4.59. The van der Waals surface area contributed by atoms with Crippen LogP contribution in [0.1, 0.15) is 5.69 Å². The smallest absolute Gasteiger partial charge is 0.271 e. The van der Waals surface area contributed by atoms with E-state index in [1.165, 1.54) is 12.1 Å². The molecule has 0 amide bonds. The maximum absolute atomic E-state index is 13.5. The zero-order valence-electron chi connectivity index (χ0n) is 15.3. The summed E-state index contributed by atoms with van der Waals surface area (Å²) in [4.78, 5) is 25.9. The summed E-state index contributed by atoms with van der Waals surface area (Å²) in [6, 6.07) is 11.9. The largest absolute Gasteiger partial charge is 0.433 e. The number of nitrogens with two attached hydrogens (primary N) is 1. The van der Waals surface area contributed by atoms with Gasteiger partial charge >= 0.3 is 11.9 Å². The van der Waals surface area contributed by atoms with Crippen molar-refractivity contribution in [3.8, 4) is 11.4 Å². The number of sulfonamides is 1. The van der Waals surface area contributed by atoms with Gasteiger partial charge in [0.2, 0.25) is 10.0 Å². The minimum absolute atomic E-state index is 0.150. The molecular formula is C18H12F3N5O4S. The standard InChI is InChI=1S/C18H12F3N5O4S/c19-18(20,21)14-13-15(24-23-14)25(10-4-2-1-3-5-10)17(28)26(16(13)27)11-6-8-12(9-7-11)31(22,29)30/h1-9H,(H,23,24)(H2,22,29,30). The Morgan fingerprint density at radius 3 is 2.03 bits per heavy atom. The summed E-state index contributed by atoms with van der Waals surface area (Å²) in [6.45, 7) is 0. The van der Waals surface area contributed by atoms with E-state index in [2.05, 4.69) is 5.10 Å². The summed E-state index contributed by atoms with van der Waals surface area (Å²) in [7, 11) is -4.06. The normalized spacial score (nSPS) is 12.4. The molecule has 13 heteroatoms. The van der Waals surface area contributed by atoms with Gasteiger partial charge in [0, 0.05) is 0 Å². The average Bonchev–Trinajstić information content (AvgIpc) is 3.14. The molecule has 2 aromatic carbocycles. The zero-order valence-corrected chi connectivity index (χ0v) is 16.1. The first-order valence-corrected chi connectivity index (χ1v) is 10.1. The molecule has 9 nitrogen and oxygen atoms in total. The van der Waals surface area contributed by atoms with E-state index in [4.69, 9.17) is 5.14 Å². The number of hydrogen-bond donors (Lipinski definition) is 2.